The van der Waals surface area contributed by atoms with Gasteiger partial charge in [0.05, 0.1) is 11.6 Å². The molecular weight excluding hydrogens is 381 g/mol. The first kappa shape index (κ1) is 16.4. The average molecular weight is 398 g/mol. The standard InChI is InChI=1S/C13H17ClINO3/c1-13(2,3)19-12(17)16-6-7-18-9-4-5-11(15)10(14)8-9/h4-5,8H,6-7H2,1-3H3,(H,16,17). The number of rotatable bonds is 4. The Balaban J connectivity index is 2.27. The molecule has 0 spiro atoms. The van der Waals surface area contributed by atoms with Crippen molar-refractivity contribution in [1.82, 2.24) is 5.32 Å². The molecule has 1 rings (SSSR count). The molecule has 0 atom stereocenters. The van der Waals surface area contributed by atoms with Gasteiger partial charge in [-0.25, -0.2) is 4.79 Å². The second kappa shape index (κ2) is 7.19. The fourth-order valence-corrected chi connectivity index (χ4v) is 1.71. The molecule has 1 aromatic carbocycles. The second-order valence-electron chi connectivity index (χ2n) is 4.85. The minimum absolute atomic E-state index is 0.357. The van der Waals surface area contributed by atoms with Crippen molar-refractivity contribution in [3.63, 3.8) is 0 Å². The quantitative estimate of drug-likeness (QED) is 0.620. The molecule has 0 bridgehead atoms. The number of hydrogen-bond acceptors (Lipinski definition) is 3. The van der Waals surface area contributed by atoms with E-state index < -0.39 is 11.7 Å². The lowest BCUT2D eigenvalue weighted by molar-refractivity contribution is 0.0520. The van der Waals surface area contributed by atoms with Gasteiger partial charge in [0.1, 0.15) is 18.0 Å². The Morgan fingerprint density at radius 1 is 1.42 bits per heavy atom. The number of hydrogen-bond donors (Lipinski definition) is 1. The smallest absolute Gasteiger partial charge is 0.407 e. The topological polar surface area (TPSA) is 47.6 Å². The van der Waals surface area contributed by atoms with Crippen LogP contribution in [0.25, 0.3) is 0 Å². The Bertz CT molecular complexity index is 446. The molecule has 0 saturated heterocycles. The Morgan fingerprint density at radius 2 is 2.11 bits per heavy atom. The highest BCUT2D eigenvalue weighted by Crippen LogP contribution is 2.23. The van der Waals surface area contributed by atoms with Crippen molar-refractivity contribution in [2.45, 2.75) is 26.4 Å². The lowest BCUT2D eigenvalue weighted by atomic mass is 10.2. The summed E-state index contributed by atoms with van der Waals surface area (Å²) in [5.41, 5.74) is -0.491. The molecule has 0 heterocycles. The van der Waals surface area contributed by atoms with E-state index in [0.29, 0.717) is 23.9 Å². The van der Waals surface area contributed by atoms with Gasteiger partial charge in [-0.15, -0.1) is 0 Å². The molecule has 0 radical (unpaired) electrons. The Kier molecular flexibility index (Phi) is 6.19. The van der Waals surface area contributed by atoms with Gasteiger partial charge in [0.15, 0.2) is 0 Å². The normalized spacial score (nSPS) is 11.0. The molecule has 0 aliphatic carbocycles. The zero-order valence-electron chi connectivity index (χ0n) is 11.1. The van der Waals surface area contributed by atoms with Crippen LogP contribution in [0.5, 0.6) is 5.75 Å². The van der Waals surface area contributed by atoms with Crippen molar-refractivity contribution in [3.8, 4) is 5.75 Å². The second-order valence-corrected chi connectivity index (χ2v) is 6.42. The van der Waals surface area contributed by atoms with Crippen LogP contribution in [-0.2, 0) is 4.74 Å². The summed E-state index contributed by atoms with van der Waals surface area (Å²) in [7, 11) is 0. The van der Waals surface area contributed by atoms with Gasteiger partial charge in [-0.2, -0.15) is 0 Å². The number of benzene rings is 1. The SMILES string of the molecule is CC(C)(C)OC(=O)NCCOc1ccc(I)c(Cl)c1. The van der Waals surface area contributed by atoms with Crippen molar-refractivity contribution >= 4 is 40.3 Å². The Hall–Kier alpha value is -0.690. The number of ether oxygens (including phenoxy) is 2. The summed E-state index contributed by atoms with van der Waals surface area (Å²) in [5.74, 6) is 0.677. The summed E-state index contributed by atoms with van der Waals surface area (Å²) in [6.45, 7) is 6.18. The van der Waals surface area contributed by atoms with E-state index in [9.17, 15) is 4.79 Å². The molecule has 0 aliphatic heterocycles. The van der Waals surface area contributed by atoms with Crippen LogP contribution in [0.2, 0.25) is 5.02 Å². The predicted octanol–water partition coefficient (Wildman–Crippen LogP) is 3.85. The minimum Gasteiger partial charge on any atom is -0.492 e. The molecule has 0 aromatic heterocycles. The lowest BCUT2D eigenvalue weighted by Gasteiger charge is -2.19. The van der Waals surface area contributed by atoms with Crippen LogP contribution in [0.1, 0.15) is 20.8 Å². The van der Waals surface area contributed by atoms with Crippen molar-refractivity contribution < 1.29 is 14.3 Å². The van der Waals surface area contributed by atoms with Gasteiger partial charge in [-0.1, -0.05) is 11.6 Å². The molecule has 1 N–H and O–H groups in total. The summed E-state index contributed by atoms with van der Waals surface area (Å²) in [4.78, 5) is 11.4. The zero-order chi connectivity index (χ0) is 14.5. The third-order valence-electron chi connectivity index (χ3n) is 1.93. The van der Waals surface area contributed by atoms with Gasteiger partial charge in [-0.3, -0.25) is 0 Å². The predicted molar refractivity (Wildman–Crippen MR) is 83.9 cm³/mol. The summed E-state index contributed by atoms with van der Waals surface area (Å²) in [6, 6.07) is 5.46. The molecule has 4 nitrogen and oxygen atoms in total. The molecule has 1 aromatic rings. The maximum atomic E-state index is 11.4. The first-order valence-electron chi connectivity index (χ1n) is 5.82. The number of nitrogens with one attached hydrogen (secondary N) is 1. The largest absolute Gasteiger partial charge is 0.492 e. The minimum atomic E-state index is -0.491. The van der Waals surface area contributed by atoms with Crippen molar-refractivity contribution in [2.24, 2.45) is 0 Å². The highest BCUT2D eigenvalue weighted by Gasteiger charge is 2.15. The van der Waals surface area contributed by atoms with Gasteiger partial charge < -0.3 is 14.8 Å². The van der Waals surface area contributed by atoms with E-state index in [2.05, 4.69) is 27.9 Å². The van der Waals surface area contributed by atoms with Crippen LogP contribution >= 0.6 is 34.2 Å². The first-order valence-corrected chi connectivity index (χ1v) is 7.28. The summed E-state index contributed by atoms with van der Waals surface area (Å²) in [5, 5.41) is 3.27. The molecule has 19 heavy (non-hydrogen) atoms. The number of amides is 1. The summed E-state index contributed by atoms with van der Waals surface area (Å²) < 4.78 is 11.5. The number of carbonyl (C=O) groups excluding carboxylic acids is 1. The maximum absolute atomic E-state index is 11.4. The third-order valence-corrected chi connectivity index (χ3v) is 3.50. The van der Waals surface area contributed by atoms with E-state index in [1.807, 2.05) is 32.9 Å². The fourth-order valence-electron chi connectivity index (χ4n) is 1.20. The number of carbonyl (C=O) groups is 1. The van der Waals surface area contributed by atoms with E-state index in [1.54, 1.807) is 6.07 Å². The van der Waals surface area contributed by atoms with Gasteiger partial charge in [-0.05, 0) is 61.6 Å². The Labute approximate surface area is 131 Å². The van der Waals surface area contributed by atoms with Gasteiger partial charge in [0.2, 0.25) is 0 Å². The molecule has 106 valence electrons. The molecule has 1 amide bonds. The molecular formula is C13H17ClINO3. The number of halogens is 2. The maximum Gasteiger partial charge on any atom is 0.407 e. The molecule has 0 unspecified atom stereocenters. The third kappa shape index (κ3) is 6.87. The lowest BCUT2D eigenvalue weighted by Crippen LogP contribution is -2.34. The average Bonchev–Trinajstić information content (AvgIpc) is 2.27. The molecule has 0 saturated carbocycles. The van der Waals surface area contributed by atoms with Gasteiger partial charge in [0, 0.05) is 3.57 Å². The number of alkyl carbamates (subject to hydrolysis) is 1. The van der Waals surface area contributed by atoms with E-state index in [4.69, 9.17) is 21.1 Å². The first-order chi connectivity index (χ1) is 8.78. The van der Waals surface area contributed by atoms with Gasteiger partial charge >= 0.3 is 6.09 Å². The van der Waals surface area contributed by atoms with Crippen LogP contribution in [0.3, 0.4) is 0 Å². The van der Waals surface area contributed by atoms with E-state index in [1.165, 1.54) is 0 Å². The highest BCUT2D eigenvalue weighted by molar-refractivity contribution is 14.1. The Morgan fingerprint density at radius 3 is 2.68 bits per heavy atom. The van der Waals surface area contributed by atoms with Crippen molar-refractivity contribution in [1.29, 1.82) is 0 Å². The van der Waals surface area contributed by atoms with E-state index in [0.717, 1.165) is 3.57 Å². The van der Waals surface area contributed by atoms with Gasteiger partial charge in [0.25, 0.3) is 0 Å². The van der Waals surface area contributed by atoms with E-state index in [-0.39, 0.29) is 0 Å². The molecule has 0 fully saturated rings. The van der Waals surface area contributed by atoms with Crippen LogP contribution in [0.15, 0.2) is 18.2 Å². The van der Waals surface area contributed by atoms with Crippen LogP contribution in [0.4, 0.5) is 4.79 Å². The van der Waals surface area contributed by atoms with Crippen molar-refractivity contribution in [2.75, 3.05) is 13.2 Å². The summed E-state index contributed by atoms with van der Waals surface area (Å²) in [6.07, 6.45) is -0.447. The zero-order valence-corrected chi connectivity index (χ0v) is 14.0. The van der Waals surface area contributed by atoms with Crippen LogP contribution < -0.4 is 10.1 Å². The monoisotopic (exact) mass is 397 g/mol. The fraction of sp³-hybridized carbons (Fsp3) is 0.462. The van der Waals surface area contributed by atoms with Crippen molar-refractivity contribution in [3.05, 3.63) is 26.8 Å². The molecule has 0 aliphatic rings. The van der Waals surface area contributed by atoms with Crippen LogP contribution in [0, 0.1) is 3.57 Å². The highest BCUT2D eigenvalue weighted by atomic mass is 127. The van der Waals surface area contributed by atoms with E-state index >= 15 is 0 Å². The molecule has 6 heteroatoms. The summed E-state index contributed by atoms with van der Waals surface area (Å²) >= 11 is 8.12. The van der Waals surface area contributed by atoms with Crippen LogP contribution in [-0.4, -0.2) is 24.8 Å².